The van der Waals surface area contributed by atoms with E-state index in [2.05, 4.69) is 6.92 Å². The third-order valence-corrected chi connectivity index (χ3v) is 8.43. The third kappa shape index (κ3) is 9.41. The summed E-state index contributed by atoms with van der Waals surface area (Å²) in [5, 5.41) is 10.3. The minimum atomic E-state index is -2.18. The smallest absolute Gasteiger partial charge is 0.341 e. The van der Waals surface area contributed by atoms with Crippen molar-refractivity contribution in [3.8, 4) is 22.6 Å². The molecule has 0 aromatic heterocycles. The van der Waals surface area contributed by atoms with Gasteiger partial charge < -0.3 is 14.6 Å². The first-order valence-electron chi connectivity index (χ1n) is 14.9. The van der Waals surface area contributed by atoms with Gasteiger partial charge in [0.2, 0.25) is 5.67 Å². The summed E-state index contributed by atoms with van der Waals surface area (Å²) >= 11 is 6.50. The maximum atomic E-state index is 15.7. The zero-order valence-corrected chi connectivity index (χ0v) is 24.5. The van der Waals surface area contributed by atoms with Gasteiger partial charge in [-0.2, -0.15) is 0 Å². The second kappa shape index (κ2) is 16.1. The Hall–Kier alpha value is -2.27. The molecule has 216 valence electrons. The second-order valence-corrected chi connectivity index (χ2v) is 11.5. The number of aliphatic carboxylic acids is 1. The van der Waals surface area contributed by atoms with Gasteiger partial charge in [0.25, 0.3) is 0 Å². The molecular formula is C33H46ClFO4. The predicted molar refractivity (Wildman–Crippen MR) is 158 cm³/mol. The number of carboxylic acid groups (broad SMARTS) is 1. The Morgan fingerprint density at radius 1 is 0.974 bits per heavy atom. The molecule has 2 aromatic carbocycles. The van der Waals surface area contributed by atoms with Crippen molar-refractivity contribution in [2.75, 3.05) is 13.2 Å². The number of benzene rings is 2. The van der Waals surface area contributed by atoms with Gasteiger partial charge in [0, 0.05) is 5.92 Å². The zero-order valence-electron chi connectivity index (χ0n) is 23.7. The molecule has 0 heterocycles. The first kappa shape index (κ1) is 31.3. The minimum absolute atomic E-state index is 0.00659. The van der Waals surface area contributed by atoms with Crippen LogP contribution in [0.4, 0.5) is 4.39 Å². The van der Waals surface area contributed by atoms with Crippen LogP contribution in [0.15, 0.2) is 42.5 Å². The molecule has 0 saturated heterocycles. The number of rotatable bonds is 17. The van der Waals surface area contributed by atoms with E-state index in [1.165, 1.54) is 32.1 Å². The quantitative estimate of drug-likeness (QED) is 0.195. The Balaban J connectivity index is 1.51. The number of alkyl halides is 1. The summed E-state index contributed by atoms with van der Waals surface area (Å²) in [4.78, 5) is 11.9. The van der Waals surface area contributed by atoms with Gasteiger partial charge in [0.1, 0.15) is 11.5 Å². The highest BCUT2D eigenvalue weighted by Gasteiger charge is 2.47. The van der Waals surface area contributed by atoms with E-state index >= 15 is 4.39 Å². The number of carbonyl (C=O) groups is 1. The lowest BCUT2D eigenvalue weighted by Crippen LogP contribution is -2.44. The Kier molecular flexibility index (Phi) is 12.9. The van der Waals surface area contributed by atoms with Gasteiger partial charge in [0.05, 0.1) is 18.2 Å². The summed E-state index contributed by atoms with van der Waals surface area (Å²) in [6.45, 7) is 5.15. The van der Waals surface area contributed by atoms with Crippen LogP contribution in [0.5, 0.6) is 11.5 Å². The Morgan fingerprint density at radius 2 is 1.64 bits per heavy atom. The average molecular weight is 561 g/mol. The van der Waals surface area contributed by atoms with Gasteiger partial charge in [-0.05, 0) is 73.4 Å². The molecular weight excluding hydrogens is 515 g/mol. The molecule has 1 aliphatic rings. The average Bonchev–Trinajstić information content (AvgIpc) is 2.96. The predicted octanol–water partition coefficient (Wildman–Crippen LogP) is 9.91. The summed E-state index contributed by atoms with van der Waals surface area (Å²) in [6.07, 6.45) is 12.1. The van der Waals surface area contributed by atoms with E-state index in [-0.39, 0.29) is 18.9 Å². The van der Waals surface area contributed by atoms with Crippen molar-refractivity contribution >= 4 is 17.6 Å². The van der Waals surface area contributed by atoms with Crippen molar-refractivity contribution in [3.63, 3.8) is 0 Å². The van der Waals surface area contributed by atoms with Crippen molar-refractivity contribution in [2.24, 2.45) is 11.8 Å². The van der Waals surface area contributed by atoms with Crippen LogP contribution < -0.4 is 9.47 Å². The molecule has 1 fully saturated rings. The molecule has 0 spiro atoms. The Bertz CT molecular complexity index is 1010. The van der Waals surface area contributed by atoms with E-state index in [0.29, 0.717) is 42.4 Å². The van der Waals surface area contributed by atoms with Crippen LogP contribution in [-0.2, 0) is 4.79 Å². The lowest BCUT2D eigenvalue weighted by atomic mass is 9.74. The summed E-state index contributed by atoms with van der Waals surface area (Å²) in [7, 11) is 0. The fourth-order valence-electron chi connectivity index (χ4n) is 5.55. The summed E-state index contributed by atoms with van der Waals surface area (Å²) < 4.78 is 27.6. The molecule has 3 rings (SSSR count). The summed E-state index contributed by atoms with van der Waals surface area (Å²) in [5.41, 5.74) is -0.191. The number of unbranched alkanes of at least 4 members (excludes halogenated alkanes) is 5. The number of carboxylic acids is 1. The van der Waals surface area contributed by atoms with E-state index in [1.54, 1.807) is 0 Å². The van der Waals surface area contributed by atoms with Crippen LogP contribution in [0.1, 0.15) is 97.3 Å². The van der Waals surface area contributed by atoms with Crippen molar-refractivity contribution in [1.82, 2.24) is 0 Å². The van der Waals surface area contributed by atoms with Crippen LogP contribution >= 0.6 is 11.6 Å². The molecule has 0 radical (unpaired) electrons. The van der Waals surface area contributed by atoms with Gasteiger partial charge in [0.15, 0.2) is 0 Å². The van der Waals surface area contributed by atoms with Crippen LogP contribution in [0.3, 0.4) is 0 Å². The molecule has 39 heavy (non-hydrogen) atoms. The van der Waals surface area contributed by atoms with Crippen molar-refractivity contribution in [3.05, 3.63) is 47.5 Å². The molecule has 1 aliphatic carbocycles. The van der Waals surface area contributed by atoms with Crippen molar-refractivity contribution in [2.45, 2.75) is 103 Å². The van der Waals surface area contributed by atoms with Gasteiger partial charge >= 0.3 is 5.97 Å². The van der Waals surface area contributed by atoms with Gasteiger partial charge in [-0.1, -0.05) is 95.0 Å². The first-order chi connectivity index (χ1) is 18.9. The van der Waals surface area contributed by atoms with Crippen molar-refractivity contribution < 1.29 is 23.8 Å². The van der Waals surface area contributed by atoms with Crippen molar-refractivity contribution in [1.29, 1.82) is 0 Å². The fraction of sp³-hybridized carbons (Fsp3) is 0.606. The largest absolute Gasteiger partial charge is 0.493 e. The molecule has 1 saturated carbocycles. The first-order valence-corrected chi connectivity index (χ1v) is 15.3. The maximum absolute atomic E-state index is 15.7. The van der Waals surface area contributed by atoms with Gasteiger partial charge in [-0.25, -0.2) is 9.18 Å². The van der Waals surface area contributed by atoms with E-state index in [4.69, 9.17) is 21.1 Å². The Labute approximate surface area is 239 Å². The zero-order chi connectivity index (χ0) is 28.1. The third-order valence-electron chi connectivity index (χ3n) is 8.13. The highest BCUT2D eigenvalue weighted by atomic mass is 35.5. The van der Waals surface area contributed by atoms with E-state index in [1.807, 2.05) is 49.4 Å². The molecule has 2 aromatic rings. The fourth-order valence-corrected chi connectivity index (χ4v) is 5.78. The molecule has 6 heteroatoms. The topological polar surface area (TPSA) is 55.8 Å². The second-order valence-electron chi connectivity index (χ2n) is 11.1. The maximum Gasteiger partial charge on any atom is 0.341 e. The lowest BCUT2D eigenvalue weighted by molar-refractivity contribution is -0.158. The van der Waals surface area contributed by atoms with E-state index < -0.39 is 17.6 Å². The Morgan fingerprint density at radius 3 is 2.28 bits per heavy atom. The normalized spacial score (nSPS) is 16.4. The van der Waals surface area contributed by atoms with Gasteiger partial charge in [-0.15, -0.1) is 0 Å². The molecule has 0 aliphatic heterocycles. The highest BCUT2D eigenvalue weighted by Crippen LogP contribution is 2.40. The number of hydrogen-bond donors (Lipinski definition) is 1. The van der Waals surface area contributed by atoms with Crippen LogP contribution in [0.2, 0.25) is 5.02 Å². The molecule has 2 atom stereocenters. The van der Waals surface area contributed by atoms with E-state index in [0.717, 1.165) is 36.8 Å². The summed E-state index contributed by atoms with van der Waals surface area (Å²) in [5.74, 6) is -0.515. The molecule has 1 N–H and O–H groups in total. The van der Waals surface area contributed by atoms with E-state index in [9.17, 15) is 9.90 Å². The SMILES string of the molecule is CCCCCCCCOc1ccc(-c2ccc(OCC(CC)C[C@@](F)(C(=O)O)C3CCCCC3)cc2)cc1Cl. The molecule has 4 nitrogen and oxygen atoms in total. The monoisotopic (exact) mass is 560 g/mol. The standard InChI is InChI=1S/C33H46ClFO4/c1-3-5-6-7-8-12-21-38-31-20-17-27(22-30(31)34)26-15-18-29(19-16-26)39-24-25(4-2)23-33(35,32(36)37)28-13-10-9-11-14-28/h15-20,22,25,28H,3-14,21,23-24H2,1-2H3,(H,36,37)/t25?,33-/m0/s1. The van der Waals surface area contributed by atoms with Crippen LogP contribution in [0.25, 0.3) is 11.1 Å². The number of hydrogen-bond acceptors (Lipinski definition) is 3. The summed E-state index contributed by atoms with van der Waals surface area (Å²) in [6, 6.07) is 13.6. The minimum Gasteiger partial charge on any atom is -0.493 e. The lowest BCUT2D eigenvalue weighted by Gasteiger charge is -2.35. The molecule has 0 amide bonds. The molecule has 0 bridgehead atoms. The number of ether oxygens (including phenoxy) is 2. The van der Waals surface area contributed by atoms with Gasteiger partial charge in [-0.3, -0.25) is 0 Å². The number of halogens is 2. The molecule has 1 unspecified atom stereocenters. The highest BCUT2D eigenvalue weighted by molar-refractivity contribution is 6.32. The van der Waals surface area contributed by atoms with Crippen LogP contribution in [0, 0.1) is 11.8 Å². The van der Waals surface area contributed by atoms with Crippen LogP contribution in [-0.4, -0.2) is 30.0 Å².